The number of esters is 1. The molecule has 0 spiro atoms. The van der Waals surface area contributed by atoms with Gasteiger partial charge >= 0.3 is 5.97 Å². The first-order valence-electron chi connectivity index (χ1n) is 8.02. The van der Waals surface area contributed by atoms with Crippen LogP contribution in [-0.4, -0.2) is 13.1 Å². The van der Waals surface area contributed by atoms with Crippen molar-refractivity contribution < 1.29 is 9.53 Å². The second kappa shape index (κ2) is 7.57. The van der Waals surface area contributed by atoms with Crippen molar-refractivity contribution in [1.82, 2.24) is 0 Å². The summed E-state index contributed by atoms with van der Waals surface area (Å²) < 4.78 is 5.06. The average Bonchev–Trinajstić information content (AvgIpc) is 2.63. The maximum absolute atomic E-state index is 12.3. The third-order valence-corrected chi connectivity index (χ3v) is 6.83. The van der Waals surface area contributed by atoms with Gasteiger partial charge in [-0.3, -0.25) is 0 Å². The molecule has 1 aliphatic rings. The van der Waals surface area contributed by atoms with E-state index in [4.69, 9.17) is 4.74 Å². The Hall–Kier alpha value is -1.92. The number of carbonyl (C=O) groups excluding carboxylic acids is 1. The lowest BCUT2D eigenvalue weighted by Crippen LogP contribution is -2.18. The second-order valence-corrected chi connectivity index (χ2v) is 7.87. The fraction of sp³-hybridized carbons (Fsp3) is 0.250. The van der Waals surface area contributed by atoms with Crippen LogP contribution in [0.2, 0.25) is 0 Å². The first-order chi connectivity index (χ1) is 11.3. The molecule has 2 aromatic carbocycles. The van der Waals surface area contributed by atoms with Crippen LogP contribution < -0.4 is 10.6 Å². The molecule has 0 amide bonds. The van der Waals surface area contributed by atoms with Crippen LogP contribution in [-0.2, 0) is 9.53 Å². The zero-order chi connectivity index (χ0) is 16.1. The van der Waals surface area contributed by atoms with Gasteiger partial charge in [0, 0.05) is 5.57 Å². The molecule has 2 aromatic rings. The van der Waals surface area contributed by atoms with Crippen LogP contribution in [0.4, 0.5) is 0 Å². The van der Waals surface area contributed by atoms with Crippen LogP contribution in [0.1, 0.15) is 25.7 Å². The molecule has 0 fully saturated rings. The van der Waals surface area contributed by atoms with E-state index in [1.807, 2.05) is 12.1 Å². The predicted octanol–water partition coefficient (Wildman–Crippen LogP) is 4.12. The van der Waals surface area contributed by atoms with Crippen LogP contribution in [0.5, 0.6) is 0 Å². The highest BCUT2D eigenvalue weighted by Gasteiger charge is 2.27. The second-order valence-electron chi connectivity index (χ2n) is 5.63. The summed E-state index contributed by atoms with van der Waals surface area (Å²) in [5.74, 6) is -0.154. The van der Waals surface area contributed by atoms with Crippen molar-refractivity contribution >= 4 is 24.5 Å². The fourth-order valence-corrected chi connectivity index (χ4v) is 5.81. The van der Waals surface area contributed by atoms with E-state index in [0.717, 1.165) is 31.3 Å². The molecular formula is C20H21O2P. The minimum atomic E-state index is -0.668. The molecule has 0 heterocycles. The lowest BCUT2D eigenvalue weighted by Gasteiger charge is -2.27. The van der Waals surface area contributed by atoms with E-state index in [1.165, 1.54) is 23.0 Å². The minimum Gasteiger partial charge on any atom is -0.466 e. The summed E-state index contributed by atoms with van der Waals surface area (Å²) in [7, 11) is 0.813. The Morgan fingerprint density at radius 3 is 1.91 bits per heavy atom. The molecule has 3 heteroatoms. The minimum absolute atomic E-state index is 0.154. The SMILES string of the molecule is COC(=O)C1=C(P(c2ccccc2)c2ccccc2)CCCC1. The highest BCUT2D eigenvalue weighted by molar-refractivity contribution is 7.76. The number of benzene rings is 2. The quantitative estimate of drug-likeness (QED) is 0.625. The number of carbonyl (C=O) groups is 1. The van der Waals surface area contributed by atoms with Gasteiger partial charge in [-0.2, -0.15) is 0 Å². The van der Waals surface area contributed by atoms with Crippen LogP contribution in [0, 0.1) is 0 Å². The Morgan fingerprint density at radius 2 is 1.39 bits per heavy atom. The molecule has 3 rings (SSSR count). The third kappa shape index (κ3) is 3.54. The summed E-state index contributed by atoms with van der Waals surface area (Å²) >= 11 is 0. The zero-order valence-corrected chi connectivity index (χ0v) is 14.3. The lowest BCUT2D eigenvalue weighted by atomic mass is 9.99. The van der Waals surface area contributed by atoms with Crippen molar-refractivity contribution in [2.45, 2.75) is 25.7 Å². The van der Waals surface area contributed by atoms with Gasteiger partial charge in [0.25, 0.3) is 0 Å². The average molecular weight is 324 g/mol. The number of hydrogen-bond acceptors (Lipinski definition) is 2. The van der Waals surface area contributed by atoms with Gasteiger partial charge in [-0.1, -0.05) is 60.7 Å². The molecule has 0 saturated carbocycles. The number of allylic oxidation sites excluding steroid dienone is 1. The first kappa shape index (κ1) is 16.0. The molecule has 0 saturated heterocycles. The molecule has 0 bridgehead atoms. The maximum Gasteiger partial charge on any atom is 0.334 e. The predicted molar refractivity (Wildman–Crippen MR) is 96.6 cm³/mol. The molecule has 0 atom stereocenters. The topological polar surface area (TPSA) is 26.3 Å². The Kier molecular flexibility index (Phi) is 5.25. The van der Waals surface area contributed by atoms with E-state index in [1.54, 1.807) is 0 Å². The van der Waals surface area contributed by atoms with E-state index in [-0.39, 0.29) is 5.97 Å². The Balaban J connectivity index is 2.14. The van der Waals surface area contributed by atoms with E-state index in [0.29, 0.717) is 0 Å². The molecular weight excluding hydrogens is 303 g/mol. The number of rotatable bonds is 4. The van der Waals surface area contributed by atoms with Crippen molar-refractivity contribution in [1.29, 1.82) is 0 Å². The number of methoxy groups -OCH3 is 1. The van der Waals surface area contributed by atoms with Crippen molar-refractivity contribution in [3.05, 3.63) is 71.6 Å². The van der Waals surface area contributed by atoms with Gasteiger partial charge in [-0.15, -0.1) is 0 Å². The fourth-order valence-electron chi connectivity index (χ4n) is 3.09. The smallest absolute Gasteiger partial charge is 0.334 e. The van der Waals surface area contributed by atoms with Crippen LogP contribution in [0.3, 0.4) is 0 Å². The Labute approximate surface area is 138 Å². The van der Waals surface area contributed by atoms with Crippen LogP contribution in [0.15, 0.2) is 71.6 Å². The van der Waals surface area contributed by atoms with E-state index >= 15 is 0 Å². The van der Waals surface area contributed by atoms with Gasteiger partial charge in [0.1, 0.15) is 0 Å². The van der Waals surface area contributed by atoms with Crippen molar-refractivity contribution in [3.63, 3.8) is 0 Å². The summed E-state index contributed by atoms with van der Waals surface area (Å²) in [6.07, 6.45) is 4.04. The third-order valence-electron chi connectivity index (χ3n) is 4.17. The van der Waals surface area contributed by atoms with Crippen LogP contribution >= 0.6 is 7.92 Å². The molecule has 0 N–H and O–H groups in total. The standard InChI is InChI=1S/C20H21O2P/c1-22-20(21)18-14-8-9-15-19(18)23(16-10-4-2-5-11-16)17-12-6-3-7-13-17/h2-7,10-13H,8-9,14-15H2,1H3. The molecule has 118 valence electrons. The van der Waals surface area contributed by atoms with Crippen molar-refractivity contribution in [2.24, 2.45) is 0 Å². The van der Waals surface area contributed by atoms with E-state index < -0.39 is 7.92 Å². The Bertz CT molecular complexity index is 653. The van der Waals surface area contributed by atoms with Gasteiger partial charge in [-0.05, 0) is 49.5 Å². The Morgan fingerprint density at radius 1 is 0.870 bits per heavy atom. The molecule has 0 aromatic heterocycles. The highest BCUT2D eigenvalue weighted by atomic mass is 31.1. The molecule has 23 heavy (non-hydrogen) atoms. The van der Waals surface area contributed by atoms with E-state index in [2.05, 4.69) is 48.5 Å². The molecule has 2 nitrogen and oxygen atoms in total. The summed E-state index contributed by atoms with van der Waals surface area (Å²) in [5.41, 5.74) is 0.901. The molecule has 0 unspecified atom stereocenters. The van der Waals surface area contributed by atoms with Crippen LogP contribution in [0.25, 0.3) is 0 Å². The van der Waals surface area contributed by atoms with Gasteiger partial charge < -0.3 is 4.74 Å². The zero-order valence-electron chi connectivity index (χ0n) is 13.4. The number of ether oxygens (including phenoxy) is 1. The largest absolute Gasteiger partial charge is 0.466 e. The summed E-state index contributed by atoms with van der Waals surface area (Å²) in [6, 6.07) is 21.1. The summed E-state index contributed by atoms with van der Waals surface area (Å²) in [6.45, 7) is 0. The van der Waals surface area contributed by atoms with Gasteiger partial charge in [-0.25, -0.2) is 4.79 Å². The molecule has 0 radical (unpaired) electrons. The maximum atomic E-state index is 12.3. The van der Waals surface area contributed by atoms with E-state index in [9.17, 15) is 4.79 Å². The van der Waals surface area contributed by atoms with Crippen molar-refractivity contribution in [2.75, 3.05) is 7.11 Å². The normalized spacial score (nSPS) is 14.9. The lowest BCUT2D eigenvalue weighted by molar-refractivity contribution is -0.136. The monoisotopic (exact) mass is 324 g/mol. The molecule has 0 aliphatic heterocycles. The summed E-state index contributed by atoms with van der Waals surface area (Å²) in [4.78, 5) is 12.3. The summed E-state index contributed by atoms with van der Waals surface area (Å²) in [5, 5.41) is 3.88. The first-order valence-corrected chi connectivity index (χ1v) is 9.36. The number of hydrogen-bond donors (Lipinski definition) is 0. The highest BCUT2D eigenvalue weighted by Crippen LogP contribution is 2.49. The van der Waals surface area contributed by atoms with Gasteiger partial charge in [0.2, 0.25) is 0 Å². The molecule has 1 aliphatic carbocycles. The van der Waals surface area contributed by atoms with Gasteiger partial charge in [0.15, 0.2) is 0 Å². The van der Waals surface area contributed by atoms with Crippen molar-refractivity contribution in [3.8, 4) is 0 Å². The van der Waals surface area contributed by atoms with Gasteiger partial charge in [0.05, 0.1) is 7.11 Å².